The topological polar surface area (TPSA) is 112 Å². The number of nitro groups is 1. The van der Waals surface area contributed by atoms with Crippen LogP contribution in [-0.4, -0.2) is 16.8 Å². The van der Waals surface area contributed by atoms with E-state index >= 15 is 0 Å². The van der Waals surface area contributed by atoms with Gasteiger partial charge in [0.05, 0.1) is 4.92 Å². The number of esters is 1. The third-order valence-electron chi connectivity index (χ3n) is 5.99. The highest BCUT2D eigenvalue weighted by atomic mass is 35.5. The molecule has 184 valence electrons. The van der Waals surface area contributed by atoms with Gasteiger partial charge < -0.3 is 14.5 Å². The van der Waals surface area contributed by atoms with Gasteiger partial charge in [0.15, 0.2) is 0 Å². The van der Waals surface area contributed by atoms with Crippen molar-refractivity contribution in [2.45, 2.75) is 13.0 Å². The monoisotopic (exact) mass is 514 g/mol. The molecule has 9 heteroatoms. The summed E-state index contributed by atoms with van der Waals surface area (Å²) in [5.74, 6) is -1.53. The first-order valence-electron chi connectivity index (χ1n) is 11.2. The number of furan rings is 1. The van der Waals surface area contributed by atoms with Crippen molar-refractivity contribution in [3.8, 4) is 0 Å². The number of nitrogens with zero attached hydrogens (tertiary/aromatic N) is 1. The quantitative estimate of drug-likeness (QED) is 0.148. The Morgan fingerprint density at radius 1 is 0.973 bits per heavy atom. The fourth-order valence-corrected chi connectivity index (χ4v) is 4.33. The maximum Gasteiger partial charge on any atom is 0.375 e. The minimum atomic E-state index is -1.35. The Balaban J connectivity index is 1.48. The summed E-state index contributed by atoms with van der Waals surface area (Å²) >= 11 is 5.87. The Labute approximate surface area is 215 Å². The molecule has 1 atom stereocenters. The van der Waals surface area contributed by atoms with Crippen LogP contribution in [-0.2, 0) is 9.53 Å². The molecular weight excluding hydrogens is 496 g/mol. The van der Waals surface area contributed by atoms with Crippen LogP contribution in [0.4, 0.5) is 11.4 Å². The highest BCUT2D eigenvalue weighted by Gasteiger charge is 2.29. The zero-order valence-corrected chi connectivity index (χ0v) is 20.2. The molecule has 1 amide bonds. The molecule has 37 heavy (non-hydrogen) atoms. The lowest BCUT2D eigenvalue weighted by atomic mass is 10.1. The lowest BCUT2D eigenvalue weighted by molar-refractivity contribution is -0.384. The van der Waals surface area contributed by atoms with Gasteiger partial charge in [-0.15, -0.1) is 0 Å². The van der Waals surface area contributed by atoms with Gasteiger partial charge in [-0.2, -0.15) is 0 Å². The minimum absolute atomic E-state index is 0.0118. The van der Waals surface area contributed by atoms with E-state index in [9.17, 15) is 19.7 Å². The molecule has 0 saturated carbocycles. The summed E-state index contributed by atoms with van der Waals surface area (Å²) in [4.78, 5) is 37.1. The maximum absolute atomic E-state index is 13.3. The third-order valence-corrected chi connectivity index (χ3v) is 6.31. The SMILES string of the molecule is Cc1c(C(=O)O[C@@H](C(=O)Nc2ccc(Cl)c([N+](=O)[O-])c2)c2ccccc2)oc2c1ccc1ccccc12. The van der Waals surface area contributed by atoms with E-state index in [2.05, 4.69) is 5.32 Å². The van der Waals surface area contributed by atoms with Crippen LogP contribution in [0.2, 0.25) is 5.02 Å². The lowest BCUT2D eigenvalue weighted by Crippen LogP contribution is -2.26. The molecule has 0 saturated heterocycles. The molecule has 0 unspecified atom stereocenters. The zero-order chi connectivity index (χ0) is 26.1. The van der Waals surface area contributed by atoms with E-state index in [0.717, 1.165) is 22.2 Å². The van der Waals surface area contributed by atoms with Crippen molar-refractivity contribution in [1.29, 1.82) is 0 Å². The van der Waals surface area contributed by atoms with Gasteiger partial charge in [0.2, 0.25) is 11.9 Å². The first kappa shape index (κ1) is 24.0. The second-order valence-electron chi connectivity index (χ2n) is 8.33. The second-order valence-corrected chi connectivity index (χ2v) is 8.74. The van der Waals surface area contributed by atoms with Crippen LogP contribution in [0.15, 0.2) is 89.3 Å². The van der Waals surface area contributed by atoms with Crippen molar-refractivity contribution in [3.05, 3.63) is 117 Å². The van der Waals surface area contributed by atoms with Crippen LogP contribution in [0.5, 0.6) is 0 Å². The lowest BCUT2D eigenvalue weighted by Gasteiger charge is -2.18. The molecule has 1 aromatic heterocycles. The number of rotatable bonds is 6. The van der Waals surface area contributed by atoms with Gasteiger partial charge in [0, 0.05) is 33.7 Å². The summed E-state index contributed by atoms with van der Waals surface area (Å²) in [6.07, 6.45) is -1.35. The molecule has 0 aliphatic heterocycles. The number of halogens is 1. The Bertz CT molecular complexity index is 1680. The van der Waals surface area contributed by atoms with Crippen molar-refractivity contribution in [2.75, 3.05) is 5.32 Å². The van der Waals surface area contributed by atoms with Crippen molar-refractivity contribution < 1.29 is 23.7 Å². The number of fused-ring (bicyclic) bond motifs is 3. The highest BCUT2D eigenvalue weighted by Crippen LogP contribution is 2.33. The van der Waals surface area contributed by atoms with Gasteiger partial charge in [-0.1, -0.05) is 78.3 Å². The van der Waals surface area contributed by atoms with E-state index < -0.39 is 22.9 Å². The second kappa shape index (κ2) is 9.75. The van der Waals surface area contributed by atoms with Gasteiger partial charge in [-0.05, 0) is 24.4 Å². The Kier molecular flexibility index (Phi) is 6.33. The standard InChI is InChI=1S/C28H19ClN2O6/c1-16-20-13-11-17-7-5-6-10-21(17)26(20)36-24(16)28(33)37-25(18-8-3-2-4-9-18)27(32)30-19-12-14-22(29)23(15-19)31(34)35/h2-15,25H,1H3,(H,30,32)/t25-/m1/s1. The summed E-state index contributed by atoms with van der Waals surface area (Å²) in [6.45, 7) is 1.75. The summed E-state index contributed by atoms with van der Waals surface area (Å²) in [5.41, 5.74) is 1.32. The number of hydrogen-bond donors (Lipinski definition) is 1. The molecule has 4 aromatic carbocycles. The number of ether oxygens (including phenoxy) is 1. The maximum atomic E-state index is 13.3. The molecule has 5 aromatic rings. The molecule has 5 rings (SSSR count). The van der Waals surface area contributed by atoms with E-state index in [1.54, 1.807) is 37.3 Å². The molecule has 1 N–H and O–H groups in total. The van der Waals surface area contributed by atoms with Crippen LogP contribution < -0.4 is 5.32 Å². The molecule has 0 aliphatic carbocycles. The number of carbonyl (C=O) groups is 2. The van der Waals surface area contributed by atoms with Crippen LogP contribution >= 0.6 is 11.6 Å². The Morgan fingerprint density at radius 3 is 2.46 bits per heavy atom. The van der Waals surface area contributed by atoms with E-state index in [4.69, 9.17) is 20.8 Å². The number of benzene rings is 4. The third kappa shape index (κ3) is 4.62. The first-order valence-corrected chi connectivity index (χ1v) is 11.6. The fraction of sp³-hybridized carbons (Fsp3) is 0.0714. The largest absolute Gasteiger partial charge is 0.448 e. The summed E-state index contributed by atoms with van der Waals surface area (Å²) < 4.78 is 11.6. The molecule has 0 spiro atoms. The van der Waals surface area contributed by atoms with E-state index in [-0.39, 0.29) is 22.2 Å². The number of anilines is 1. The number of nitrogens with one attached hydrogen (secondary N) is 1. The number of nitro benzene ring substituents is 1. The Hall–Kier alpha value is -4.69. The molecule has 0 aliphatic rings. The molecule has 0 bridgehead atoms. The van der Waals surface area contributed by atoms with Crippen molar-refractivity contribution in [2.24, 2.45) is 0 Å². The normalized spacial score (nSPS) is 11.8. The van der Waals surface area contributed by atoms with Crippen LogP contribution in [0, 0.1) is 17.0 Å². The molecule has 0 fully saturated rings. The molecule has 8 nitrogen and oxygen atoms in total. The van der Waals surface area contributed by atoms with Crippen LogP contribution in [0.3, 0.4) is 0 Å². The number of amides is 1. The number of hydrogen-bond acceptors (Lipinski definition) is 6. The van der Waals surface area contributed by atoms with Crippen LogP contribution in [0.1, 0.15) is 27.8 Å². The Morgan fingerprint density at radius 2 is 1.70 bits per heavy atom. The summed E-state index contributed by atoms with van der Waals surface area (Å²) in [5, 5.41) is 16.3. The first-order chi connectivity index (χ1) is 17.8. The summed E-state index contributed by atoms with van der Waals surface area (Å²) in [7, 11) is 0. The van der Waals surface area contributed by atoms with Gasteiger partial charge in [0.1, 0.15) is 10.6 Å². The smallest absolute Gasteiger partial charge is 0.375 e. The van der Waals surface area contributed by atoms with Crippen LogP contribution in [0.25, 0.3) is 21.7 Å². The minimum Gasteiger partial charge on any atom is -0.448 e. The van der Waals surface area contributed by atoms with E-state index in [0.29, 0.717) is 16.7 Å². The summed E-state index contributed by atoms with van der Waals surface area (Å²) in [6, 6.07) is 23.8. The van der Waals surface area contributed by atoms with Gasteiger partial charge in [0.25, 0.3) is 11.6 Å². The number of aryl methyl sites for hydroxylation is 1. The molecular formula is C28H19ClN2O6. The number of carbonyl (C=O) groups excluding carboxylic acids is 2. The van der Waals surface area contributed by atoms with Gasteiger partial charge >= 0.3 is 5.97 Å². The average molecular weight is 515 g/mol. The molecule has 1 heterocycles. The van der Waals surface area contributed by atoms with E-state index in [1.807, 2.05) is 36.4 Å². The van der Waals surface area contributed by atoms with Gasteiger partial charge in [-0.3, -0.25) is 14.9 Å². The van der Waals surface area contributed by atoms with Gasteiger partial charge in [-0.25, -0.2) is 4.79 Å². The molecule has 0 radical (unpaired) electrons. The average Bonchev–Trinajstić information content (AvgIpc) is 3.25. The predicted molar refractivity (Wildman–Crippen MR) is 140 cm³/mol. The van der Waals surface area contributed by atoms with Crippen molar-refractivity contribution in [1.82, 2.24) is 0 Å². The van der Waals surface area contributed by atoms with Crippen molar-refractivity contribution in [3.63, 3.8) is 0 Å². The predicted octanol–water partition coefficient (Wildman–Crippen LogP) is 6.99. The van der Waals surface area contributed by atoms with Crippen molar-refractivity contribution >= 4 is 56.6 Å². The highest BCUT2D eigenvalue weighted by molar-refractivity contribution is 6.32. The fourth-order valence-electron chi connectivity index (χ4n) is 4.14. The zero-order valence-electron chi connectivity index (χ0n) is 19.4. The van der Waals surface area contributed by atoms with E-state index in [1.165, 1.54) is 12.1 Å².